The molecule has 1 aliphatic heterocycles. The summed E-state index contributed by atoms with van der Waals surface area (Å²) in [5, 5.41) is 3.28. The zero-order chi connectivity index (χ0) is 15.6. The summed E-state index contributed by atoms with van der Waals surface area (Å²) >= 11 is 0. The predicted molar refractivity (Wildman–Crippen MR) is 92.4 cm³/mol. The average molecular weight is 295 g/mol. The zero-order valence-corrected chi connectivity index (χ0v) is 14.0. The Bertz CT molecular complexity index is 267. The van der Waals surface area contributed by atoms with Crippen LogP contribution in [0.5, 0.6) is 0 Å². The van der Waals surface area contributed by atoms with Gasteiger partial charge in [-0.3, -0.25) is 0 Å². The molecule has 21 heavy (non-hydrogen) atoms. The molecule has 0 aliphatic carbocycles. The van der Waals surface area contributed by atoms with Gasteiger partial charge in [0.05, 0.1) is 0 Å². The third kappa shape index (κ3) is 15.3. The summed E-state index contributed by atoms with van der Waals surface area (Å²) in [6.07, 6.45) is 11.2. The Morgan fingerprint density at radius 2 is 1.43 bits per heavy atom. The van der Waals surface area contributed by atoms with E-state index in [1.165, 1.54) is 64.5 Å². The van der Waals surface area contributed by atoms with Gasteiger partial charge in [0.1, 0.15) is 6.67 Å². The summed E-state index contributed by atoms with van der Waals surface area (Å²) < 4.78 is 11.7. The van der Waals surface area contributed by atoms with Crippen molar-refractivity contribution < 1.29 is 4.39 Å². The second-order valence-electron chi connectivity index (χ2n) is 5.49. The predicted octanol–water partition coefficient (Wildman–Crippen LogP) is 5.89. The van der Waals surface area contributed by atoms with Crippen LogP contribution >= 0.6 is 0 Å². The zero-order valence-electron chi connectivity index (χ0n) is 14.0. The number of halogens is 1. The number of unbranched alkanes of at least 4 members (excludes halogenated alkanes) is 4. The van der Waals surface area contributed by atoms with Crippen molar-refractivity contribution in [1.29, 1.82) is 0 Å². The molecule has 1 aliphatic rings. The fraction of sp³-hybridized carbons (Fsp3) is 0.684. The smallest absolute Gasteiger partial charge is 0.115 e. The van der Waals surface area contributed by atoms with Crippen molar-refractivity contribution in [3.63, 3.8) is 0 Å². The lowest BCUT2D eigenvalue weighted by Gasteiger charge is -2.08. The molecule has 122 valence electrons. The SMILES string of the molecule is C1CCNCC1.CCCCCCC.FCc1ccccc1. The summed E-state index contributed by atoms with van der Waals surface area (Å²) in [5.41, 5.74) is 0.743. The van der Waals surface area contributed by atoms with E-state index in [2.05, 4.69) is 19.2 Å². The lowest BCUT2D eigenvalue weighted by atomic mass is 10.2. The van der Waals surface area contributed by atoms with Gasteiger partial charge in [-0.25, -0.2) is 4.39 Å². The van der Waals surface area contributed by atoms with Crippen LogP contribution in [0.25, 0.3) is 0 Å². The van der Waals surface area contributed by atoms with Crippen LogP contribution in [-0.2, 0) is 6.67 Å². The number of benzene rings is 1. The molecule has 0 bridgehead atoms. The van der Waals surface area contributed by atoms with Crippen LogP contribution in [0, 0.1) is 0 Å². The van der Waals surface area contributed by atoms with Gasteiger partial charge in [0.25, 0.3) is 0 Å². The molecule has 0 atom stereocenters. The van der Waals surface area contributed by atoms with Crippen molar-refractivity contribution >= 4 is 0 Å². The third-order valence-corrected chi connectivity index (χ3v) is 3.41. The molecule has 0 radical (unpaired) electrons. The van der Waals surface area contributed by atoms with E-state index in [-0.39, 0.29) is 6.67 Å². The Morgan fingerprint density at radius 3 is 1.71 bits per heavy atom. The second-order valence-corrected chi connectivity index (χ2v) is 5.49. The molecule has 1 aromatic carbocycles. The van der Waals surface area contributed by atoms with Crippen LogP contribution in [-0.4, -0.2) is 13.1 Å². The van der Waals surface area contributed by atoms with Crippen LogP contribution in [0.15, 0.2) is 30.3 Å². The average Bonchev–Trinajstić information content (AvgIpc) is 2.59. The highest BCUT2D eigenvalue weighted by molar-refractivity contribution is 5.13. The molecule has 2 rings (SSSR count). The van der Waals surface area contributed by atoms with Gasteiger partial charge in [0.2, 0.25) is 0 Å². The molecule has 1 fully saturated rings. The second kappa shape index (κ2) is 17.2. The molecular formula is C19H34FN. The van der Waals surface area contributed by atoms with Crippen LogP contribution in [0.3, 0.4) is 0 Å². The summed E-state index contributed by atoms with van der Waals surface area (Å²) in [4.78, 5) is 0. The van der Waals surface area contributed by atoms with Gasteiger partial charge in [-0.05, 0) is 31.5 Å². The van der Waals surface area contributed by atoms with Gasteiger partial charge in [-0.2, -0.15) is 0 Å². The van der Waals surface area contributed by atoms with Gasteiger partial charge >= 0.3 is 0 Å². The highest BCUT2D eigenvalue weighted by Crippen LogP contribution is 2.00. The van der Waals surface area contributed by atoms with Crippen LogP contribution in [0.2, 0.25) is 0 Å². The van der Waals surface area contributed by atoms with E-state index in [1.807, 2.05) is 18.2 Å². The number of rotatable bonds is 5. The van der Waals surface area contributed by atoms with Crippen LogP contribution < -0.4 is 5.32 Å². The normalized spacial score (nSPS) is 13.5. The van der Waals surface area contributed by atoms with Crippen molar-refractivity contribution in [1.82, 2.24) is 5.32 Å². The maximum Gasteiger partial charge on any atom is 0.115 e. The van der Waals surface area contributed by atoms with Gasteiger partial charge in [0, 0.05) is 0 Å². The Morgan fingerprint density at radius 1 is 0.857 bits per heavy atom. The van der Waals surface area contributed by atoms with Gasteiger partial charge < -0.3 is 5.32 Å². The fourth-order valence-electron chi connectivity index (χ4n) is 2.05. The topological polar surface area (TPSA) is 12.0 Å². The first-order valence-corrected chi connectivity index (χ1v) is 8.65. The van der Waals surface area contributed by atoms with Gasteiger partial charge in [-0.15, -0.1) is 0 Å². The Balaban J connectivity index is 0.000000289. The Hall–Kier alpha value is -0.890. The van der Waals surface area contributed by atoms with Crippen LogP contribution in [0.4, 0.5) is 4.39 Å². The molecular weight excluding hydrogens is 261 g/mol. The molecule has 1 aromatic rings. The monoisotopic (exact) mass is 295 g/mol. The third-order valence-electron chi connectivity index (χ3n) is 3.41. The number of nitrogens with one attached hydrogen (secondary N) is 1. The van der Waals surface area contributed by atoms with Crippen molar-refractivity contribution in [3.05, 3.63) is 35.9 Å². The molecule has 1 heterocycles. The summed E-state index contributed by atoms with van der Waals surface area (Å²) in [7, 11) is 0. The number of piperidine rings is 1. The summed E-state index contributed by atoms with van der Waals surface area (Å²) in [6, 6.07) is 9.06. The van der Waals surface area contributed by atoms with Crippen molar-refractivity contribution in [2.24, 2.45) is 0 Å². The standard InChI is InChI=1S/C7H7F.C7H16.C5H11N/c8-6-7-4-2-1-3-5-7;1-3-5-7-6-4-2;1-2-4-6-5-3-1/h1-5H,6H2;3-7H2,1-2H3;6H,1-5H2. The maximum atomic E-state index is 11.7. The molecule has 0 unspecified atom stereocenters. The van der Waals surface area contributed by atoms with Gasteiger partial charge in [0.15, 0.2) is 0 Å². The van der Waals surface area contributed by atoms with E-state index in [1.54, 1.807) is 12.1 Å². The highest BCUT2D eigenvalue weighted by Gasteiger charge is 1.93. The summed E-state index contributed by atoms with van der Waals surface area (Å²) in [6.45, 7) is 6.63. The van der Waals surface area contributed by atoms with E-state index in [0.717, 1.165) is 5.56 Å². The van der Waals surface area contributed by atoms with Crippen molar-refractivity contribution in [3.8, 4) is 0 Å². The molecule has 0 saturated carbocycles. The molecule has 1 nitrogen and oxygen atoms in total. The molecule has 1 saturated heterocycles. The molecule has 0 spiro atoms. The molecule has 1 N–H and O–H groups in total. The van der Waals surface area contributed by atoms with E-state index in [9.17, 15) is 4.39 Å². The number of hydrogen-bond acceptors (Lipinski definition) is 1. The van der Waals surface area contributed by atoms with E-state index < -0.39 is 0 Å². The highest BCUT2D eigenvalue weighted by atomic mass is 19.1. The molecule has 0 amide bonds. The van der Waals surface area contributed by atoms with Crippen LogP contribution in [0.1, 0.15) is 70.8 Å². The fourth-order valence-corrected chi connectivity index (χ4v) is 2.05. The minimum atomic E-state index is -0.360. The minimum absolute atomic E-state index is 0.360. The van der Waals surface area contributed by atoms with Crippen molar-refractivity contribution in [2.45, 2.75) is 71.9 Å². The summed E-state index contributed by atoms with van der Waals surface area (Å²) in [5.74, 6) is 0. The molecule has 0 aromatic heterocycles. The quantitative estimate of drug-likeness (QED) is 0.667. The van der Waals surface area contributed by atoms with E-state index in [4.69, 9.17) is 0 Å². The van der Waals surface area contributed by atoms with Gasteiger partial charge in [-0.1, -0.05) is 82.7 Å². The van der Waals surface area contributed by atoms with E-state index >= 15 is 0 Å². The number of alkyl halides is 1. The first kappa shape index (κ1) is 20.1. The lowest BCUT2D eigenvalue weighted by Crippen LogP contribution is -2.21. The number of hydrogen-bond donors (Lipinski definition) is 1. The van der Waals surface area contributed by atoms with Crippen molar-refractivity contribution in [2.75, 3.05) is 13.1 Å². The molecule has 2 heteroatoms. The first-order valence-electron chi connectivity index (χ1n) is 8.65. The maximum absolute atomic E-state index is 11.7. The lowest BCUT2D eigenvalue weighted by molar-refractivity contribution is 0.485. The Kier molecular flexibility index (Phi) is 16.4. The largest absolute Gasteiger partial charge is 0.317 e. The minimum Gasteiger partial charge on any atom is -0.317 e. The Labute approximate surface area is 131 Å². The first-order chi connectivity index (χ1) is 10.3. The van der Waals surface area contributed by atoms with E-state index in [0.29, 0.717) is 0 Å².